The van der Waals surface area contributed by atoms with Crippen LogP contribution in [0.2, 0.25) is 5.02 Å². The maximum atomic E-state index is 12.3. The summed E-state index contributed by atoms with van der Waals surface area (Å²) in [5.74, 6) is -0.169. The lowest BCUT2D eigenvalue weighted by molar-refractivity contribution is -0.149. The number of carbonyl (C=O) groups is 3. The lowest BCUT2D eigenvalue weighted by Crippen LogP contribution is -2.35. The van der Waals surface area contributed by atoms with Gasteiger partial charge in [0.15, 0.2) is 0 Å². The van der Waals surface area contributed by atoms with E-state index in [1.54, 1.807) is 36.4 Å². The molecule has 0 atom stereocenters. The van der Waals surface area contributed by atoms with Crippen LogP contribution < -0.4 is 15.4 Å². The summed E-state index contributed by atoms with van der Waals surface area (Å²) in [5.41, 5.74) is 0.759. The predicted octanol–water partition coefficient (Wildman–Crippen LogP) is 3.40. The number of pyridine rings is 1. The highest BCUT2D eigenvalue weighted by Gasteiger charge is 2.28. The molecule has 0 aliphatic heterocycles. The van der Waals surface area contributed by atoms with Gasteiger partial charge in [0, 0.05) is 23.7 Å². The summed E-state index contributed by atoms with van der Waals surface area (Å²) in [4.78, 5) is 40.3. The summed E-state index contributed by atoms with van der Waals surface area (Å²) >= 11 is 5.81. The second-order valence-electron chi connectivity index (χ2n) is 7.74. The van der Waals surface area contributed by atoms with Crippen molar-refractivity contribution in [3.63, 3.8) is 0 Å². The van der Waals surface area contributed by atoms with E-state index in [2.05, 4.69) is 15.6 Å². The minimum Gasteiger partial charge on any atom is -0.489 e. The van der Waals surface area contributed by atoms with Crippen molar-refractivity contribution in [1.29, 1.82) is 0 Å². The third-order valence-corrected chi connectivity index (χ3v) is 5.62. The van der Waals surface area contributed by atoms with Gasteiger partial charge in [0.1, 0.15) is 11.4 Å². The van der Waals surface area contributed by atoms with Crippen LogP contribution in [-0.4, -0.2) is 48.6 Å². The molecule has 0 spiro atoms. The number of halogens is 1. The molecule has 0 radical (unpaired) electrons. The molecule has 1 heterocycles. The summed E-state index contributed by atoms with van der Waals surface area (Å²) in [5, 5.41) is 6.01. The Morgan fingerprint density at radius 3 is 2.24 bits per heavy atom. The molecular formula is C24H28ClN3O5. The van der Waals surface area contributed by atoms with Gasteiger partial charge in [-0.2, -0.15) is 0 Å². The molecule has 1 fully saturated rings. The summed E-state index contributed by atoms with van der Waals surface area (Å²) in [6, 6.07) is 9.87. The number of rotatable bonds is 9. The quantitative estimate of drug-likeness (QED) is 0.427. The summed E-state index contributed by atoms with van der Waals surface area (Å²) in [6.07, 6.45) is 4.56. The molecule has 176 valence electrons. The Balaban J connectivity index is 1.37. The molecule has 9 heteroatoms. The largest absolute Gasteiger partial charge is 0.489 e. The zero-order valence-corrected chi connectivity index (χ0v) is 19.3. The summed E-state index contributed by atoms with van der Waals surface area (Å²) < 4.78 is 11.0. The summed E-state index contributed by atoms with van der Waals surface area (Å²) in [7, 11) is 0. The fourth-order valence-electron chi connectivity index (χ4n) is 3.60. The van der Waals surface area contributed by atoms with Crippen LogP contribution in [0.15, 0.2) is 42.6 Å². The summed E-state index contributed by atoms with van der Waals surface area (Å²) in [6.45, 7) is 2.76. The van der Waals surface area contributed by atoms with E-state index < -0.39 is 0 Å². The molecule has 0 unspecified atom stereocenters. The molecule has 2 amide bonds. The zero-order valence-electron chi connectivity index (χ0n) is 18.5. The van der Waals surface area contributed by atoms with E-state index in [0.717, 1.165) is 25.7 Å². The number of carbonyl (C=O) groups excluding carboxylic acids is 3. The average Bonchev–Trinajstić information content (AvgIpc) is 2.83. The molecule has 8 nitrogen and oxygen atoms in total. The zero-order chi connectivity index (χ0) is 23.6. The van der Waals surface area contributed by atoms with Crippen LogP contribution in [0.5, 0.6) is 5.75 Å². The molecular weight excluding hydrogens is 446 g/mol. The number of nitrogens with one attached hydrogen (secondary N) is 2. The number of amides is 2. The highest BCUT2D eigenvalue weighted by molar-refractivity contribution is 6.30. The minimum atomic E-state index is -0.336. The Kier molecular flexibility index (Phi) is 9.06. The van der Waals surface area contributed by atoms with Crippen molar-refractivity contribution in [2.45, 2.75) is 38.7 Å². The highest BCUT2D eigenvalue weighted by Crippen LogP contribution is 2.28. The Bertz CT molecular complexity index is 942. The third-order valence-electron chi connectivity index (χ3n) is 5.37. The number of aromatic nitrogens is 1. The van der Waals surface area contributed by atoms with Gasteiger partial charge in [-0.15, -0.1) is 0 Å². The van der Waals surface area contributed by atoms with E-state index in [1.165, 1.54) is 6.20 Å². The van der Waals surface area contributed by atoms with Gasteiger partial charge in [-0.05, 0) is 69.0 Å². The van der Waals surface area contributed by atoms with Crippen molar-refractivity contribution in [2.24, 2.45) is 5.92 Å². The molecule has 33 heavy (non-hydrogen) atoms. The lowest BCUT2D eigenvalue weighted by atomic mass is 9.87. The van der Waals surface area contributed by atoms with Crippen LogP contribution >= 0.6 is 11.6 Å². The van der Waals surface area contributed by atoms with Gasteiger partial charge in [0.25, 0.3) is 11.8 Å². The topological polar surface area (TPSA) is 107 Å². The van der Waals surface area contributed by atoms with Gasteiger partial charge < -0.3 is 20.1 Å². The molecule has 1 aliphatic carbocycles. The normalized spacial score (nSPS) is 17.6. The number of esters is 1. The third kappa shape index (κ3) is 7.46. The van der Waals surface area contributed by atoms with E-state index in [-0.39, 0.29) is 48.6 Å². The van der Waals surface area contributed by atoms with Crippen LogP contribution in [0.4, 0.5) is 0 Å². The second-order valence-corrected chi connectivity index (χ2v) is 8.18. The standard InChI is InChI=1S/C24H28ClN3O5/c1-2-32-24(31)17-5-9-19(10-6-17)33-20-11-12-21(28-15-20)23(30)27-14-13-26-22(29)16-3-7-18(25)8-4-16/h3-4,7-8,11-12,15,17,19H,2,5-6,9-10,13-14H2,1H3,(H,26,29)(H,27,30)/t17-,19+. The molecule has 3 rings (SSSR count). The number of benzene rings is 1. The molecule has 0 saturated heterocycles. The molecule has 1 saturated carbocycles. The van der Waals surface area contributed by atoms with E-state index in [4.69, 9.17) is 21.1 Å². The first kappa shape index (κ1) is 24.5. The van der Waals surface area contributed by atoms with E-state index in [1.807, 2.05) is 6.92 Å². The Labute approximate surface area is 198 Å². The maximum absolute atomic E-state index is 12.3. The van der Waals surface area contributed by atoms with Crippen molar-refractivity contribution in [3.05, 3.63) is 58.9 Å². The number of hydrogen-bond donors (Lipinski definition) is 2. The van der Waals surface area contributed by atoms with Crippen LogP contribution in [0.1, 0.15) is 53.5 Å². The molecule has 1 aromatic carbocycles. The van der Waals surface area contributed by atoms with Gasteiger partial charge in [-0.25, -0.2) is 4.98 Å². The van der Waals surface area contributed by atoms with Crippen LogP contribution in [-0.2, 0) is 9.53 Å². The molecule has 1 aromatic heterocycles. The molecule has 2 N–H and O–H groups in total. The maximum Gasteiger partial charge on any atom is 0.308 e. The van der Waals surface area contributed by atoms with E-state index in [0.29, 0.717) is 22.9 Å². The fourth-order valence-corrected chi connectivity index (χ4v) is 3.73. The van der Waals surface area contributed by atoms with Crippen molar-refractivity contribution < 1.29 is 23.9 Å². The number of hydrogen-bond acceptors (Lipinski definition) is 6. The lowest BCUT2D eigenvalue weighted by Gasteiger charge is -2.27. The molecule has 0 bridgehead atoms. The van der Waals surface area contributed by atoms with Gasteiger partial charge in [-0.1, -0.05) is 11.6 Å². The van der Waals surface area contributed by atoms with Gasteiger partial charge in [0.2, 0.25) is 0 Å². The second kappa shape index (κ2) is 12.2. The number of nitrogens with zero attached hydrogens (tertiary/aromatic N) is 1. The van der Waals surface area contributed by atoms with Crippen molar-refractivity contribution in [1.82, 2.24) is 15.6 Å². The Hall–Kier alpha value is -3.13. The van der Waals surface area contributed by atoms with Crippen molar-refractivity contribution in [2.75, 3.05) is 19.7 Å². The SMILES string of the molecule is CCOC(=O)[C@H]1CC[C@@H](Oc2ccc(C(=O)NCCNC(=O)c3ccc(Cl)cc3)nc2)CC1. The Morgan fingerprint density at radius 2 is 1.64 bits per heavy atom. The first-order valence-corrected chi connectivity index (χ1v) is 11.5. The predicted molar refractivity (Wildman–Crippen MR) is 123 cm³/mol. The van der Waals surface area contributed by atoms with Crippen LogP contribution in [0, 0.1) is 5.92 Å². The average molecular weight is 474 g/mol. The van der Waals surface area contributed by atoms with E-state index in [9.17, 15) is 14.4 Å². The van der Waals surface area contributed by atoms with E-state index >= 15 is 0 Å². The minimum absolute atomic E-state index is 0.0152. The fraction of sp³-hybridized carbons (Fsp3) is 0.417. The highest BCUT2D eigenvalue weighted by atomic mass is 35.5. The number of ether oxygens (including phenoxy) is 2. The molecule has 1 aliphatic rings. The molecule has 2 aromatic rings. The first-order valence-electron chi connectivity index (χ1n) is 11.1. The van der Waals surface area contributed by atoms with Crippen LogP contribution in [0.25, 0.3) is 0 Å². The van der Waals surface area contributed by atoms with Gasteiger partial charge in [0.05, 0.1) is 24.8 Å². The van der Waals surface area contributed by atoms with Gasteiger partial charge >= 0.3 is 5.97 Å². The monoisotopic (exact) mass is 473 g/mol. The van der Waals surface area contributed by atoms with Crippen molar-refractivity contribution in [3.8, 4) is 5.75 Å². The first-order chi connectivity index (χ1) is 16.0. The van der Waals surface area contributed by atoms with Crippen LogP contribution in [0.3, 0.4) is 0 Å². The van der Waals surface area contributed by atoms with Crippen molar-refractivity contribution >= 4 is 29.4 Å². The smallest absolute Gasteiger partial charge is 0.308 e. The van der Waals surface area contributed by atoms with Gasteiger partial charge in [-0.3, -0.25) is 14.4 Å². The Morgan fingerprint density at radius 1 is 0.970 bits per heavy atom.